The monoisotopic (exact) mass is 254 g/mol. The molecule has 1 N–H and O–H groups in total. The summed E-state index contributed by atoms with van der Waals surface area (Å²) in [6.07, 6.45) is 4.07. The van der Waals surface area contributed by atoms with Crippen molar-refractivity contribution in [2.24, 2.45) is 10.8 Å². The molecule has 0 radical (unpaired) electrons. The number of likely N-dealkylation sites (N-methyl/N-ethyl adjacent to an activating group) is 1. The molecular weight excluding hydrogens is 220 g/mol. The summed E-state index contributed by atoms with van der Waals surface area (Å²) in [6, 6.07) is 0.605. The van der Waals surface area contributed by atoms with Gasteiger partial charge in [-0.25, -0.2) is 0 Å². The summed E-state index contributed by atoms with van der Waals surface area (Å²) in [7, 11) is 0. The minimum Gasteiger partial charge on any atom is -0.312 e. The molecule has 1 atom stereocenters. The van der Waals surface area contributed by atoms with Crippen molar-refractivity contribution in [1.82, 2.24) is 10.2 Å². The predicted octanol–water partition coefficient (Wildman–Crippen LogP) is 3.52. The number of rotatable bonds is 5. The lowest BCUT2D eigenvalue weighted by Gasteiger charge is -2.42. The number of hydrogen-bond acceptors (Lipinski definition) is 2. The fourth-order valence-electron chi connectivity index (χ4n) is 2.78. The van der Waals surface area contributed by atoms with Crippen molar-refractivity contribution >= 4 is 0 Å². The van der Waals surface area contributed by atoms with Crippen molar-refractivity contribution in [3.8, 4) is 0 Å². The largest absolute Gasteiger partial charge is 0.312 e. The van der Waals surface area contributed by atoms with Crippen molar-refractivity contribution in [1.29, 1.82) is 0 Å². The van der Waals surface area contributed by atoms with Crippen molar-refractivity contribution in [3.05, 3.63) is 0 Å². The van der Waals surface area contributed by atoms with Gasteiger partial charge in [0.05, 0.1) is 0 Å². The zero-order valence-corrected chi connectivity index (χ0v) is 13.5. The second-order valence-electron chi connectivity index (χ2n) is 7.44. The van der Waals surface area contributed by atoms with E-state index >= 15 is 0 Å². The highest BCUT2D eigenvalue weighted by molar-refractivity contribution is 4.87. The van der Waals surface area contributed by atoms with E-state index in [2.05, 4.69) is 51.8 Å². The number of piperidine rings is 1. The Morgan fingerprint density at radius 1 is 1.17 bits per heavy atom. The minimum atomic E-state index is 0.349. The third-order valence-corrected chi connectivity index (χ3v) is 4.85. The summed E-state index contributed by atoms with van der Waals surface area (Å²) in [5, 5.41) is 3.66. The first-order valence-corrected chi connectivity index (χ1v) is 7.76. The maximum atomic E-state index is 3.66. The standard InChI is InChI=1S/C16H34N2/c1-7-16(6)9-11-18(12-10-16)13-14(17-8-2)15(3,4)5/h14,17H,7-13H2,1-6H3. The van der Waals surface area contributed by atoms with Crippen LogP contribution in [-0.4, -0.2) is 37.1 Å². The fourth-order valence-corrected chi connectivity index (χ4v) is 2.78. The SMILES string of the molecule is CCNC(CN1CCC(C)(CC)CC1)C(C)(C)C. The van der Waals surface area contributed by atoms with Gasteiger partial charge < -0.3 is 10.2 Å². The van der Waals surface area contributed by atoms with Gasteiger partial charge in [0.2, 0.25) is 0 Å². The second-order valence-corrected chi connectivity index (χ2v) is 7.44. The van der Waals surface area contributed by atoms with Crippen LogP contribution in [0.1, 0.15) is 60.8 Å². The van der Waals surface area contributed by atoms with Crippen molar-refractivity contribution in [2.75, 3.05) is 26.2 Å². The lowest BCUT2D eigenvalue weighted by molar-refractivity contribution is 0.0893. The molecule has 0 aromatic heterocycles. The lowest BCUT2D eigenvalue weighted by Crippen LogP contribution is -2.51. The molecule has 0 aromatic rings. The number of hydrogen-bond donors (Lipinski definition) is 1. The average molecular weight is 254 g/mol. The van der Waals surface area contributed by atoms with Gasteiger partial charge in [-0.05, 0) is 43.3 Å². The summed E-state index contributed by atoms with van der Waals surface area (Å²) in [6.45, 7) is 18.9. The van der Waals surface area contributed by atoms with Crippen LogP contribution >= 0.6 is 0 Å². The highest BCUT2D eigenvalue weighted by Gasteiger charge is 2.31. The molecule has 18 heavy (non-hydrogen) atoms. The van der Waals surface area contributed by atoms with E-state index in [4.69, 9.17) is 0 Å². The normalized spacial score (nSPS) is 23.0. The molecule has 0 aromatic carbocycles. The summed E-state index contributed by atoms with van der Waals surface area (Å²) in [5.74, 6) is 0. The zero-order chi connectivity index (χ0) is 13.8. The smallest absolute Gasteiger partial charge is 0.0243 e. The minimum absolute atomic E-state index is 0.349. The molecule has 1 fully saturated rings. The van der Waals surface area contributed by atoms with Gasteiger partial charge in [-0.1, -0.05) is 48.0 Å². The van der Waals surface area contributed by atoms with Gasteiger partial charge in [0.1, 0.15) is 0 Å². The molecule has 1 saturated heterocycles. The highest BCUT2D eigenvalue weighted by atomic mass is 15.2. The van der Waals surface area contributed by atoms with Crippen LogP contribution in [0.25, 0.3) is 0 Å². The predicted molar refractivity (Wildman–Crippen MR) is 81.0 cm³/mol. The molecule has 1 aliphatic heterocycles. The Hall–Kier alpha value is -0.0800. The summed E-state index contributed by atoms with van der Waals surface area (Å²) < 4.78 is 0. The number of nitrogens with zero attached hydrogens (tertiary/aromatic N) is 1. The van der Waals surface area contributed by atoms with Gasteiger partial charge in [-0.2, -0.15) is 0 Å². The third kappa shape index (κ3) is 4.55. The lowest BCUT2D eigenvalue weighted by atomic mass is 9.78. The maximum Gasteiger partial charge on any atom is 0.0243 e. The molecule has 1 heterocycles. The summed E-state index contributed by atoms with van der Waals surface area (Å²) in [5.41, 5.74) is 0.952. The Bertz CT molecular complexity index is 234. The third-order valence-electron chi connectivity index (χ3n) is 4.85. The topological polar surface area (TPSA) is 15.3 Å². The first-order valence-electron chi connectivity index (χ1n) is 7.76. The second kappa shape index (κ2) is 6.38. The van der Waals surface area contributed by atoms with Crippen LogP contribution in [-0.2, 0) is 0 Å². The Morgan fingerprint density at radius 2 is 1.72 bits per heavy atom. The quantitative estimate of drug-likeness (QED) is 0.807. The Balaban J connectivity index is 2.47. The molecule has 0 saturated carbocycles. The first kappa shape index (κ1) is 16.0. The van der Waals surface area contributed by atoms with Crippen molar-refractivity contribution in [2.45, 2.75) is 66.8 Å². The summed E-state index contributed by atoms with van der Waals surface area (Å²) in [4.78, 5) is 2.66. The Kier molecular flexibility index (Phi) is 5.67. The molecule has 0 aliphatic carbocycles. The van der Waals surface area contributed by atoms with E-state index in [-0.39, 0.29) is 0 Å². The molecule has 1 aliphatic rings. The van der Waals surface area contributed by atoms with Crippen LogP contribution < -0.4 is 5.32 Å². The highest BCUT2D eigenvalue weighted by Crippen LogP contribution is 2.34. The first-order chi connectivity index (χ1) is 8.30. The van der Waals surface area contributed by atoms with Crippen LogP contribution in [0.2, 0.25) is 0 Å². The van der Waals surface area contributed by atoms with E-state index in [1.165, 1.54) is 38.9 Å². The van der Waals surface area contributed by atoms with Crippen LogP contribution in [0, 0.1) is 10.8 Å². The summed E-state index contributed by atoms with van der Waals surface area (Å²) >= 11 is 0. The molecule has 1 rings (SSSR count). The number of likely N-dealkylation sites (tertiary alicyclic amines) is 1. The van der Waals surface area contributed by atoms with Gasteiger partial charge >= 0.3 is 0 Å². The molecule has 2 heteroatoms. The van der Waals surface area contributed by atoms with E-state index in [0.717, 1.165) is 6.54 Å². The molecule has 108 valence electrons. The van der Waals surface area contributed by atoms with Crippen LogP contribution in [0.4, 0.5) is 0 Å². The van der Waals surface area contributed by atoms with E-state index in [0.29, 0.717) is 16.9 Å². The molecule has 2 nitrogen and oxygen atoms in total. The average Bonchev–Trinajstić information content (AvgIpc) is 2.30. The number of nitrogens with one attached hydrogen (secondary N) is 1. The Labute approximate surface area is 115 Å². The van der Waals surface area contributed by atoms with Gasteiger partial charge in [0.15, 0.2) is 0 Å². The van der Waals surface area contributed by atoms with Crippen molar-refractivity contribution in [3.63, 3.8) is 0 Å². The van der Waals surface area contributed by atoms with Gasteiger partial charge in [0.25, 0.3) is 0 Å². The molecule has 0 spiro atoms. The molecule has 0 amide bonds. The molecular formula is C16H34N2. The van der Waals surface area contributed by atoms with Crippen molar-refractivity contribution < 1.29 is 0 Å². The fraction of sp³-hybridized carbons (Fsp3) is 1.00. The van der Waals surface area contributed by atoms with Gasteiger partial charge in [-0.3, -0.25) is 0 Å². The van der Waals surface area contributed by atoms with E-state index in [1.54, 1.807) is 0 Å². The van der Waals surface area contributed by atoms with Crippen LogP contribution in [0.15, 0.2) is 0 Å². The zero-order valence-electron chi connectivity index (χ0n) is 13.5. The maximum absolute atomic E-state index is 3.66. The van der Waals surface area contributed by atoms with Gasteiger partial charge in [-0.15, -0.1) is 0 Å². The molecule has 0 bridgehead atoms. The van der Waals surface area contributed by atoms with Crippen LogP contribution in [0.5, 0.6) is 0 Å². The van der Waals surface area contributed by atoms with Crippen LogP contribution in [0.3, 0.4) is 0 Å². The van der Waals surface area contributed by atoms with Gasteiger partial charge in [0, 0.05) is 12.6 Å². The van der Waals surface area contributed by atoms with E-state index < -0.39 is 0 Å². The van der Waals surface area contributed by atoms with E-state index in [9.17, 15) is 0 Å². The Morgan fingerprint density at radius 3 is 2.11 bits per heavy atom. The molecule has 1 unspecified atom stereocenters. The van der Waals surface area contributed by atoms with E-state index in [1.807, 2.05) is 0 Å².